The first-order chi connectivity index (χ1) is 11.3. The molecule has 1 aromatic carbocycles. The summed E-state index contributed by atoms with van der Waals surface area (Å²) >= 11 is 0. The van der Waals surface area contributed by atoms with Gasteiger partial charge in [-0.1, -0.05) is 6.07 Å². The van der Waals surface area contributed by atoms with Crippen LogP contribution in [0.3, 0.4) is 0 Å². The van der Waals surface area contributed by atoms with Crippen LogP contribution in [-0.4, -0.2) is 47.1 Å². The van der Waals surface area contributed by atoms with Crippen LogP contribution in [0.2, 0.25) is 0 Å². The van der Waals surface area contributed by atoms with Gasteiger partial charge in [0.15, 0.2) is 0 Å². The first-order valence-corrected chi connectivity index (χ1v) is 8.27. The molecule has 1 saturated heterocycles. The zero-order chi connectivity index (χ0) is 17.7. The molecule has 2 rings (SSSR count). The van der Waals surface area contributed by atoms with E-state index in [2.05, 4.69) is 6.07 Å². The Balaban J connectivity index is 1.84. The molecule has 1 aliphatic heterocycles. The van der Waals surface area contributed by atoms with Gasteiger partial charge in [-0.25, -0.2) is 0 Å². The smallest absolute Gasteiger partial charge is 0.226 e. The van der Waals surface area contributed by atoms with Crippen LogP contribution < -0.4 is 10.5 Å². The third-order valence-electron chi connectivity index (χ3n) is 4.19. The van der Waals surface area contributed by atoms with E-state index in [9.17, 15) is 14.7 Å². The number of hydrogen-bond donors (Lipinski definition) is 2. The quantitative estimate of drug-likeness (QED) is 0.820. The molecule has 1 aliphatic rings. The molecule has 0 bridgehead atoms. The molecule has 6 nitrogen and oxygen atoms in total. The lowest BCUT2D eigenvalue weighted by Crippen LogP contribution is -2.52. The number of rotatable bonds is 6. The molecule has 1 heterocycles. The van der Waals surface area contributed by atoms with E-state index >= 15 is 0 Å². The number of nitrogens with zero attached hydrogens (tertiary/aromatic N) is 1. The number of primary amides is 1. The van der Waals surface area contributed by atoms with Crippen LogP contribution >= 0.6 is 0 Å². The van der Waals surface area contributed by atoms with E-state index in [1.54, 1.807) is 4.90 Å². The second-order valence-electron chi connectivity index (χ2n) is 6.71. The van der Waals surface area contributed by atoms with Crippen molar-refractivity contribution in [2.45, 2.75) is 45.1 Å². The Hall–Kier alpha value is -2.08. The van der Waals surface area contributed by atoms with Gasteiger partial charge in [-0.15, -0.1) is 0 Å². The summed E-state index contributed by atoms with van der Waals surface area (Å²) in [6.45, 7) is 5.02. The fourth-order valence-electron chi connectivity index (χ4n) is 3.22. The molecule has 1 atom stereocenters. The summed E-state index contributed by atoms with van der Waals surface area (Å²) in [5.41, 5.74) is 6.21. The minimum absolute atomic E-state index is 0.0815. The van der Waals surface area contributed by atoms with Crippen LogP contribution in [0.25, 0.3) is 0 Å². The van der Waals surface area contributed by atoms with Crippen LogP contribution in [0.15, 0.2) is 18.2 Å². The SMILES string of the molecule is Cc1cc(C)cc(OCCC(=O)N2CCCC(O)(CC(N)=O)C2)c1. The third-order valence-corrected chi connectivity index (χ3v) is 4.19. The highest BCUT2D eigenvalue weighted by Crippen LogP contribution is 2.25. The van der Waals surface area contributed by atoms with Crippen molar-refractivity contribution in [3.8, 4) is 5.75 Å². The van der Waals surface area contributed by atoms with Crippen molar-refractivity contribution in [2.24, 2.45) is 5.73 Å². The van der Waals surface area contributed by atoms with Crippen molar-refractivity contribution in [3.63, 3.8) is 0 Å². The number of likely N-dealkylation sites (tertiary alicyclic amines) is 1. The number of amides is 2. The summed E-state index contributed by atoms with van der Waals surface area (Å²) in [6, 6.07) is 5.93. The average Bonchev–Trinajstić information content (AvgIpc) is 2.44. The third kappa shape index (κ3) is 5.23. The highest BCUT2D eigenvalue weighted by molar-refractivity contribution is 5.77. The zero-order valence-electron chi connectivity index (χ0n) is 14.4. The average molecular weight is 334 g/mol. The van der Waals surface area contributed by atoms with Gasteiger partial charge < -0.3 is 20.5 Å². The van der Waals surface area contributed by atoms with E-state index in [0.29, 0.717) is 19.4 Å². The molecule has 0 aliphatic carbocycles. The van der Waals surface area contributed by atoms with Crippen LogP contribution in [-0.2, 0) is 9.59 Å². The van der Waals surface area contributed by atoms with E-state index < -0.39 is 11.5 Å². The van der Waals surface area contributed by atoms with Crippen molar-refractivity contribution in [2.75, 3.05) is 19.7 Å². The van der Waals surface area contributed by atoms with E-state index in [1.807, 2.05) is 26.0 Å². The number of benzene rings is 1. The molecule has 1 aromatic rings. The lowest BCUT2D eigenvalue weighted by molar-refractivity contribution is -0.142. The number of ether oxygens (including phenoxy) is 1. The number of β-amino-alcohol motifs (C(OH)–C–C–N with tert-alkyl or cyclic N) is 1. The van der Waals surface area contributed by atoms with Crippen LogP contribution in [0.4, 0.5) is 0 Å². The maximum atomic E-state index is 12.3. The van der Waals surface area contributed by atoms with Gasteiger partial charge >= 0.3 is 0 Å². The molecule has 1 fully saturated rings. The topological polar surface area (TPSA) is 92.9 Å². The van der Waals surface area contributed by atoms with Gasteiger partial charge in [-0.2, -0.15) is 0 Å². The molecule has 24 heavy (non-hydrogen) atoms. The Kier molecular flexibility index (Phi) is 5.83. The molecule has 2 amide bonds. The molecule has 0 aromatic heterocycles. The summed E-state index contributed by atoms with van der Waals surface area (Å²) in [6.07, 6.45) is 1.27. The summed E-state index contributed by atoms with van der Waals surface area (Å²) < 4.78 is 5.66. The van der Waals surface area contributed by atoms with Gasteiger partial charge in [-0.3, -0.25) is 9.59 Å². The van der Waals surface area contributed by atoms with Crippen LogP contribution in [0.1, 0.15) is 36.8 Å². The Labute approximate surface area is 142 Å². The van der Waals surface area contributed by atoms with Crippen LogP contribution in [0.5, 0.6) is 5.75 Å². The van der Waals surface area contributed by atoms with Gasteiger partial charge in [-0.05, 0) is 49.9 Å². The maximum absolute atomic E-state index is 12.3. The molecule has 6 heteroatoms. The monoisotopic (exact) mass is 334 g/mol. The van der Waals surface area contributed by atoms with Gasteiger partial charge in [0.05, 0.1) is 25.0 Å². The van der Waals surface area contributed by atoms with Crippen molar-refractivity contribution >= 4 is 11.8 Å². The molecule has 132 valence electrons. The number of carbonyl (C=O) groups excluding carboxylic acids is 2. The van der Waals surface area contributed by atoms with Crippen molar-refractivity contribution in [1.29, 1.82) is 0 Å². The van der Waals surface area contributed by atoms with Gasteiger partial charge in [0.2, 0.25) is 11.8 Å². The predicted molar refractivity (Wildman–Crippen MR) is 90.6 cm³/mol. The largest absolute Gasteiger partial charge is 0.493 e. The van der Waals surface area contributed by atoms with E-state index in [0.717, 1.165) is 16.9 Å². The Morgan fingerprint density at radius 2 is 1.96 bits per heavy atom. The lowest BCUT2D eigenvalue weighted by Gasteiger charge is -2.38. The number of carbonyl (C=O) groups is 2. The maximum Gasteiger partial charge on any atom is 0.226 e. The van der Waals surface area contributed by atoms with Crippen LogP contribution in [0, 0.1) is 13.8 Å². The highest BCUT2D eigenvalue weighted by Gasteiger charge is 2.36. The summed E-state index contributed by atoms with van der Waals surface area (Å²) in [5.74, 6) is 0.121. The summed E-state index contributed by atoms with van der Waals surface area (Å²) in [7, 11) is 0. The second-order valence-corrected chi connectivity index (χ2v) is 6.71. The fourth-order valence-corrected chi connectivity index (χ4v) is 3.22. The number of aliphatic hydroxyl groups is 1. The summed E-state index contributed by atoms with van der Waals surface area (Å²) in [4.78, 5) is 25.0. The number of aryl methyl sites for hydroxylation is 2. The molecular weight excluding hydrogens is 308 g/mol. The summed E-state index contributed by atoms with van der Waals surface area (Å²) in [5, 5.41) is 10.4. The lowest BCUT2D eigenvalue weighted by atomic mass is 9.89. The zero-order valence-corrected chi connectivity index (χ0v) is 14.4. The van der Waals surface area contributed by atoms with E-state index in [-0.39, 0.29) is 31.9 Å². The van der Waals surface area contributed by atoms with Gasteiger partial charge in [0, 0.05) is 13.1 Å². The van der Waals surface area contributed by atoms with Crippen molar-refractivity contribution in [3.05, 3.63) is 29.3 Å². The molecule has 0 saturated carbocycles. The molecule has 0 spiro atoms. The minimum Gasteiger partial charge on any atom is -0.493 e. The Bertz CT molecular complexity index is 597. The standard InChI is InChI=1S/C18H26N2O4/c1-13-8-14(2)10-15(9-13)24-7-4-17(22)20-6-3-5-18(23,12-20)11-16(19)21/h8-10,23H,3-7,11-12H2,1-2H3,(H2,19,21). The first-order valence-electron chi connectivity index (χ1n) is 8.27. The number of nitrogens with two attached hydrogens (primary N) is 1. The number of piperidine rings is 1. The molecule has 0 radical (unpaired) electrons. The van der Waals surface area contributed by atoms with E-state index in [1.165, 1.54) is 0 Å². The Morgan fingerprint density at radius 1 is 1.29 bits per heavy atom. The normalized spacial score (nSPS) is 20.7. The first kappa shape index (κ1) is 18.3. The number of hydrogen-bond acceptors (Lipinski definition) is 4. The highest BCUT2D eigenvalue weighted by atomic mass is 16.5. The molecular formula is C18H26N2O4. The van der Waals surface area contributed by atoms with E-state index in [4.69, 9.17) is 10.5 Å². The molecule has 3 N–H and O–H groups in total. The Morgan fingerprint density at radius 3 is 2.58 bits per heavy atom. The molecule has 1 unspecified atom stereocenters. The fraction of sp³-hybridized carbons (Fsp3) is 0.556. The van der Waals surface area contributed by atoms with Crippen molar-refractivity contribution in [1.82, 2.24) is 4.90 Å². The van der Waals surface area contributed by atoms with Gasteiger partial charge in [0.25, 0.3) is 0 Å². The van der Waals surface area contributed by atoms with Crippen molar-refractivity contribution < 1.29 is 19.4 Å². The van der Waals surface area contributed by atoms with Gasteiger partial charge in [0.1, 0.15) is 5.75 Å². The minimum atomic E-state index is -1.20. The predicted octanol–water partition coefficient (Wildman–Crippen LogP) is 1.30. The second kappa shape index (κ2) is 7.66.